The van der Waals surface area contributed by atoms with Crippen LogP contribution in [0, 0.1) is 10.1 Å². The molecule has 0 aliphatic rings. The Morgan fingerprint density at radius 1 is 1.12 bits per heavy atom. The number of non-ortho nitro benzene ring substituents is 1. The van der Waals surface area contributed by atoms with Crippen molar-refractivity contribution >= 4 is 67.6 Å². The smallest absolute Gasteiger partial charge is 0.281 e. The zero-order valence-corrected chi connectivity index (χ0v) is 15.4. The van der Waals surface area contributed by atoms with Crippen LogP contribution in [0.4, 0.5) is 11.4 Å². The summed E-state index contributed by atoms with van der Waals surface area (Å²) in [5.41, 5.74) is 5.57. The lowest BCUT2D eigenvalue weighted by Gasteiger charge is -2.11. The third-order valence-corrected chi connectivity index (χ3v) is 5.24. The molecule has 1 heterocycles. The van der Waals surface area contributed by atoms with Crippen molar-refractivity contribution in [1.29, 1.82) is 0 Å². The molecule has 10 heteroatoms. The van der Waals surface area contributed by atoms with E-state index in [9.17, 15) is 14.9 Å². The second kappa shape index (κ2) is 7.65. The summed E-state index contributed by atoms with van der Waals surface area (Å²) in [5, 5.41) is 14.8. The maximum absolute atomic E-state index is 12.3. The van der Waals surface area contributed by atoms with Gasteiger partial charge in [0, 0.05) is 27.9 Å². The van der Waals surface area contributed by atoms with Crippen LogP contribution in [-0.2, 0) is 0 Å². The van der Waals surface area contributed by atoms with Crippen molar-refractivity contribution in [3.8, 4) is 0 Å². The molecule has 3 aromatic rings. The first-order valence-electron chi connectivity index (χ1n) is 7.24. The number of hydrogen-bond donors (Lipinski definition) is 3. The number of amides is 1. The average molecular weight is 407 g/mol. The van der Waals surface area contributed by atoms with Gasteiger partial charge in [0.15, 0.2) is 5.11 Å². The van der Waals surface area contributed by atoms with Gasteiger partial charge < -0.3 is 5.32 Å². The Balaban J connectivity index is 1.60. The van der Waals surface area contributed by atoms with E-state index in [1.807, 2.05) is 24.3 Å². The van der Waals surface area contributed by atoms with E-state index in [1.165, 1.54) is 35.6 Å². The molecular weight excluding hydrogens is 396 g/mol. The number of nitro groups is 1. The number of thiocarbonyl (C=S) groups is 1. The molecule has 1 amide bonds. The van der Waals surface area contributed by atoms with Crippen LogP contribution >= 0.6 is 35.2 Å². The summed E-state index contributed by atoms with van der Waals surface area (Å²) in [6.45, 7) is 0. The van der Waals surface area contributed by atoms with Crippen molar-refractivity contribution < 1.29 is 9.72 Å². The molecule has 0 aliphatic carbocycles. The number of benzene rings is 2. The van der Waals surface area contributed by atoms with Gasteiger partial charge in [-0.15, -0.1) is 11.3 Å². The molecule has 132 valence electrons. The Hall–Kier alpha value is -2.75. The van der Waals surface area contributed by atoms with Crippen LogP contribution in [0.1, 0.15) is 9.67 Å². The molecule has 3 N–H and O–H groups in total. The van der Waals surface area contributed by atoms with Crippen LogP contribution in [0.15, 0.2) is 48.5 Å². The maximum atomic E-state index is 12.3. The van der Waals surface area contributed by atoms with Crippen molar-refractivity contribution in [3.63, 3.8) is 0 Å². The number of rotatable bonds is 3. The first-order chi connectivity index (χ1) is 12.5. The van der Waals surface area contributed by atoms with Crippen LogP contribution in [0.3, 0.4) is 0 Å². The van der Waals surface area contributed by atoms with E-state index in [4.69, 9.17) is 23.8 Å². The number of carbonyl (C=O) groups excluding carboxylic acids is 1. The van der Waals surface area contributed by atoms with Gasteiger partial charge >= 0.3 is 0 Å². The fraction of sp³-hybridized carbons (Fsp3) is 0. The van der Waals surface area contributed by atoms with E-state index in [2.05, 4.69) is 16.2 Å². The van der Waals surface area contributed by atoms with Gasteiger partial charge in [-0.05, 0) is 30.4 Å². The van der Waals surface area contributed by atoms with Crippen molar-refractivity contribution in [2.75, 3.05) is 5.32 Å². The molecule has 7 nitrogen and oxygen atoms in total. The number of nitrogens with zero attached hydrogens (tertiary/aromatic N) is 1. The molecule has 0 bridgehead atoms. The number of nitro benzene ring substituents is 1. The monoisotopic (exact) mass is 406 g/mol. The summed E-state index contributed by atoms with van der Waals surface area (Å²) in [6.07, 6.45) is 0. The predicted molar refractivity (Wildman–Crippen MR) is 107 cm³/mol. The molecule has 0 saturated carbocycles. The molecule has 0 fully saturated rings. The number of nitrogens with one attached hydrogen (secondary N) is 3. The summed E-state index contributed by atoms with van der Waals surface area (Å²) in [6, 6.07) is 13.2. The molecule has 26 heavy (non-hydrogen) atoms. The van der Waals surface area contributed by atoms with E-state index < -0.39 is 10.8 Å². The summed E-state index contributed by atoms with van der Waals surface area (Å²) in [7, 11) is 0. The third-order valence-electron chi connectivity index (χ3n) is 3.37. The van der Waals surface area contributed by atoms with Gasteiger partial charge in [-0.3, -0.25) is 25.8 Å². The fourth-order valence-electron chi connectivity index (χ4n) is 2.16. The average Bonchev–Trinajstić information content (AvgIpc) is 2.97. The zero-order chi connectivity index (χ0) is 18.7. The standard InChI is InChI=1S/C16H11ClN4O3S2/c17-13-11-3-1-2-4-12(11)26-14(13)15(22)19-20-16(25)18-9-5-7-10(8-6-9)21(23)24/h1-8H,(H,19,22)(H2,18,20,25). The minimum atomic E-state index is -0.491. The molecule has 0 spiro atoms. The van der Waals surface area contributed by atoms with Crippen LogP contribution in [0.25, 0.3) is 10.1 Å². The lowest BCUT2D eigenvalue weighted by molar-refractivity contribution is -0.384. The van der Waals surface area contributed by atoms with Crippen molar-refractivity contribution in [3.05, 3.63) is 68.5 Å². The Kier molecular flexibility index (Phi) is 5.31. The normalized spacial score (nSPS) is 10.3. The number of halogens is 1. The Labute approximate surface area is 162 Å². The van der Waals surface area contributed by atoms with Gasteiger partial charge in [0.05, 0.1) is 9.95 Å². The zero-order valence-electron chi connectivity index (χ0n) is 13.0. The minimum absolute atomic E-state index is 0.0258. The highest BCUT2D eigenvalue weighted by Gasteiger charge is 2.17. The van der Waals surface area contributed by atoms with Gasteiger partial charge in [0.1, 0.15) is 4.88 Å². The highest BCUT2D eigenvalue weighted by atomic mass is 35.5. The van der Waals surface area contributed by atoms with Crippen molar-refractivity contribution in [2.45, 2.75) is 0 Å². The number of hydrazine groups is 1. The second-order valence-corrected chi connectivity index (χ2v) is 6.92. The molecule has 0 atom stereocenters. The molecular formula is C16H11ClN4O3S2. The SMILES string of the molecule is O=C(NNC(=S)Nc1ccc([N+](=O)[O-])cc1)c1sc2ccccc2c1Cl. The molecule has 2 aromatic carbocycles. The quantitative estimate of drug-likeness (QED) is 0.344. The van der Waals surface area contributed by atoms with E-state index in [0.29, 0.717) is 15.6 Å². The van der Waals surface area contributed by atoms with Gasteiger partial charge in [0.25, 0.3) is 11.6 Å². The van der Waals surface area contributed by atoms with Crippen LogP contribution in [0.5, 0.6) is 0 Å². The number of hydrogen-bond acceptors (Lipinski definition) is 5. The summed E-state index contributed by atoms with van der Waals surface area (Å²) < 4.78 is 0.911. The second-order valence-electron chi connectivity index (χ2n) is 5.08. The summed E-state index contributed by atoms with van der Waals surface area (Å²) in [5.74, 6) is -0.413. The van der Waals surface area contributed by atoms with Gasteiger partial charge in [-0.25, -0.2) is 0 Å². The molecule has 0 radical (unpaired) electrons. The largest absolute Gasteiger partial charge is 0.331 e. The van der Waals surface area contributed by atoms with E-state index in [1.54, 1.807) is 0 Å². The molecule has 0 saturated heterocycles. The lowest BCUT2D eigenvalue weighted by atomic mass is 10.2. The highest BCUT2D eigenvalue weighted by molar-refractivity contribution is 7.80. The lowest BCUT2D eigenvalue weighted by Crippen LogP contribution is -2.43. The van der Waals surface area contributed by atoms with E-state index >= 15 is 0 Å². The summed E-state index contributed by atoms with van der Waals surface area (Å²) >= 11 is 12.6. The first kappa shape index (κ1) is 18.1. The van der Waals surface area contributed by atoms with Crippen molar-refractivity contribution in [1.82, 2.24) is 10.9 Å². The predicted octanol–water partition coefficient (Wildman–Crippen LogP) is 4.09. The van der Waals surface area contributed by atoms with Crippen LogP contribution in [-0.4, -0.2) is 15.9 Å². The molecule has 3 rings (SSSR count). The number of fused-ring (bicyclic) bond motifs is 1. The van der Waals surface area contributed by atoms with Crippen LogP contribution in [0.2, 0.25) is 5.02 Å². The van der Waals surface area contributed by atoms with Crippen molar-refractivity contribution in [2.24, 2.45) is 0 Å². The van der Waals surface area contributed by atoms with Crippen LogP contribution < -0.4 is 16.2 Å². The highest BCUT2D eigenvalue weighted by Crippen LogP contribution is 2.34. The first-order valence-corrected chi connectivity index (χ1v) is 8.85. The Bertz CT molecular complexity index is 1000. The fourth-order valence-corrected chi connectivity index (χ4v) is 3.74. The maximum Gasteiger partial charge on any atom is 0.281 e. The molecule has 0 aliphatic heterocycles. The number of carbonyl (C=O) groups is 1. The third kappa shape index (κ3) is 3.90. The topological polar surface area (TPSA) is 96.3 Å². The van der Waals surface area contributed by atoms with Gasteiger partial charge in [0.2, 0.25) is 0 Å². The molecule has 0 unspecified atom stereocenters. The number of thiophene rings is 1. The molecule has 1 aromatic heterocycles. The van der Waals surface area contributed by atoms with Gasteiger partial charge in [-0.1, -0.05) is 29.8 Å². The summed E-state index contributed by atoms with van der Waals surface area (Å²) in [4.78, 5) is 22.8. The van der Waals surface area contributed by atoms with E-state index in [0.717, 1.165) is 10.1 Å². The Morgan fingerprint density at radius 2 is 1.81 bits per heavy atom. The minimum Gasteiger partial charge on any atom is -0.331 e. The number of anilines is 1. The van der Waals surface area contributed by atoms with E-state index in [-0.39, 0.29) is 10.8 Å². The van der Waals surface area contributed by atoms with Gasteiger partial charge in [-0.2, -0.15) is 0 Å². The Morgan fingerprint density at radius 3 is 2.46 bits per heavy atom.